The second kappa shape index (κ2) is 3.69. The van der Waals surface area contributed by atoms with E-state index in [1.807, 2.05) is 0 Å². The number of hydrogen-bond acceptors (Lipinski definition) is 1. The molecule has 2 saturated heterocycles. The van der Waals surface area contributed by atoms with Gasteiger partial charge in [-0.2, -0.15) is 0 Å². The van der Waals surface area contributed by atoms with Gasteiger partial charge in [0, 0.05) is 19.0 Å². The van der Waals surface area contributed by atoms with Crippen LogP contribution in [-0.2, 0) is 4.79 Å². The van der Waals surface area contributed by atoms with Gasteiger partial charge in [0.1, 0.15) is 0 Å². The van der Waals surface area contributed by atoms with Crippen LogP contribution in [0.15, 0.2) is 0 Å². The van der Waals surface area contributed by atoms with Crippen molar-refractivity contribution in [2.75, 3.05) is 6.54 Å². The van der Waals surface area contributed by atoms with E-state index >= 15 is 0 Å². The minimum absolute atomic E-state index is 0.411. The van der Waals surface area contributed by atoms with Crippen LogP contribution in [0.1, 0.15) is 45.4 Å². The van der Waals surface area contributed by atoms with Gasteiger partial charge < -0.3 is 4.90 Å². The molecule has 2 aliphatic heterocycles. The molecule has 0 aliphatic carbocycles. The number of nitrogens with zero attached hydrogens (tertiary/aromatic N) is 1. The molecule has 2 rings (SSSR count). The molecule has 1 amide bonds. The average Bonchev–Trinajstić information content (AvgIpc) is 2.19. The van der Waals surface area contributed by atoms with Gasteiger partial charge >= 0.3 is 0 Å². The van der Waals surface area contributed by atoms with Crippen LogP contribution in [0.5, 0.6) is 0 Å². The van der Waals surface area contributed by atoms with Crippen LogP contribution in [0.2, 0.25) is 0 Å². The van der Waals surface area contributed by atoms with Crippen LogP contribution < -0.4 is 0 Å². The molecule has 0 aromatic rings. The lowest BCUT2D eigenvalue weighted by Crippen LogP contribution is -2.50. The number of amides is 1. The lowest BCUT2D eigenvalue weighted by atomic mass is 9.82. The minimum Gasteiger partial charge on any atom is -0.339 e. The maximum atomic E-state index is 11.6. The fourth-order valence-electron chi connectivity index (χ4n) is 2.88. The van der Waals surface area contributed by atoms with Crippen molar-refractivity contribution in [3.05, 3.63) is 0 Å². The summed E-state index contributed by atoms with van der Waals surface area (Å²) in [5.41, 5.74) is 0. The zero-order valence-electron chi connectivity index (χ0n) is 8.46. The second-order valence-electron chi connectivity index (χ2n) is 4.36. The van der Waals surface area contributed by atoms with Crippen molar-refractivity contribution in [2.45, 2.75) is 51.5 Å². The Balaban J connectivity index is 2.09. The SMILES string of the molecule is CC[C@@H]1CCC(=O)N2CCCC[C@H]12. The monoisotopic (exact) mass is 181 g/mol. The lowest BCUT2D eigenvalue weighted by molar-refractivity contribution is -0.140. The Morgan fingerprint density at radius 3 is 3.00 bits per heavy atom. The van der Waals surface area contributed by atoms with E-state index in [0.717, 1.165) is 25.3 Å². The molecular weight excluding hydrogens is 162 g/mol. The molecule has 0 aromatic heterocycles. The quantitative estimate of drug-likeness (QED) is 0.607. The van der Waals surface area contributed by atoms with Gasteiger partial charge in [0.15, 0.2) is 0 Å². The van der Waals surface area contributed by atoms with Crippen LogP contribution in [0, 0.1) is 5.92 Å². The molecule has 2 aliphatic rings. The first-order valence-corrected chi connectivity index (χ1v) is 5.62. The smallest absolute Gasteiger partial charge is 0.222 e. The van der Waals surface area contributed by atoms with Gasteiger partial charge in [0.2, 0.25) is 5.91 Å². The van der Waals surface area contributed by atoms with E-state index in [-0.39, 0.29) is 0 Å². The summed E-state index contributed by atoms with van der Waals surface area (Å²) >= 11 is 0. The van der Waals surface area contributed by atoms with Gasteiger partial charge in [-0.1, -0.05) is 13.3 Å². The highest BCUT2D eigenvalue weighted by Gasteiger charge is 2.35. The molecule has 2 heteroatoms. The highest BCUT2D eigenvalue weighted by Crippen LogP contribution is 2.32. The fraction of sp³-hybridized carbons (Fsp3) is 0.909. The molecule has 0 bridgehead atoms. The summed E-state index contributed by atoms with van der Waals surface area (Å²) in [6.07, 6.45) is 6.98. The number of piperidine rings is 2. The Hall–Kier alpha value is -0.530. The summed E-state index contributed by atoms with van der Waals surface area (Å²) in [6.45, 7) is 3.28. The third-order valence-corrected chi connectivity index (χ3v) is 3.67. The van der Waals surface area contributed by atoms with Crippen LogP contribution >= 0.6 is 0 Å². The molecule has 13 heavy (non-hydrogen) atoms. The molecule has 0 aromatic carbocycles. The van der Waals surface area contributed by atoms with Gasteiger partial charge in [-0.25, -0.2) is 0 Å². The molecule has 0 unspecified atom stereocenters. The third kappa shape index (κ3) is 1.59. The van der Waals surface area contributed by atoms with E-state index in [9.17, 15) is 4.79 Å². The van der Waals surface area contributed by atoms with Crippen molar-refractivity contribution < 1.29 is 4.79 Å². The second-order valence-corrected chi connectivity index (χ2v) is 4.36. The predicted octanol–water partition coefficient (Wildman–Crippen LogP) is 2.19. The standard InChI is InChI=1S/C11H19NO/c1-2-9-6-7-11(13)12-8-4-3-5-10(9)12/h9-10H,2-8H2,1H3/t9-,10-/m1/s1. The lowest BCUT2D eigenvalue weighted by Gasteiger charge is -2.44. The van der Waals surface area contributed by atoms with Crippen molar-refractivity contribution in [3.8, 4) is 0 Å². The van der Waals surface area contributed by atoms with Crippen LogP contribution in [0.25, 0.3) is 0 Å². The summed E-state index contributed by atoms with van der Waals surface area (Å²) in [4.78, 5) is 13.8. The number of carbonyl (C=O) groups is 1. The Morgan fingerprint density at radius 2 is 2.23 bits per heavy atom. The topological polar surface area (TPSA) is 20.3 Å². The maximum absolute atomic E-state index is 11.6. The maximum Gasteiger partial charge on any atom is 0.222 e. The highest BCUT2D eigenvalue weighted by molar-refractivity contribution is 5.77. The highest BCUT2D eigenvalue weighted by atomic mass is 16.2. The predicted molar refractivity (Wildman–Crippen MR) is 52.4 cm³/mol. The number of fused-ring (bicyclic) bond motifs is 1. The van der Waals surface area contributed by atoms with Crippen LogP contribution in [0.4, 0.5) is 0 Å². The summed E-state index contributed by atoms with van der Waals surface area (Å²) in [6, 6.07) is 0.597. The molecule has 2 heterocycles. The Kier molecular flexibility index (Phi) is 2.56. The van der Waals surface area contributed by atoms with Gasteiger partial charge in [0.25, 0.3) is 0 Å². The first kappa shape index (κ1) is 9.04. The van der Waals surface area contributed by atoms with E-state index in [4.69, 9.17) is 0 Å². The third-order valence-electron chi connectivity index (χ3n) is 3.67. The van der Waals surface area contributed by atoms with E-state index < -0.39 is 0 Å². The average molecular weight is 181 g/mol. The molecule has 74 valence electrons. The Labute approximate surface area is 80.3 Å². The molecule has 0 spiro atoms. The largest absolute Gasteiger partial charge is 0.339 e. The van der Waals surface area contributed by atoms with Crippen LogP contribution in [-0.4, -0.2) is 23.4 Å². The van der Waals surface area contributed by atoms with Gasteiger partial charge in [-0.15, -0.1) is 0 Å². The van der Waals surface area contributed by atoms with Crippen molar-refractivity contribution in [2.24, 2.45) is 5.92 Å². The van der Waals surface area contributed by atoms with Gasteiger partial charge in [-0.3, -0.25) is 4.79 Å². The Bertz CT molecular complexity index is 202. The summed E-state index contributed by atoms with van der Waals surface area (Å²) in [5.74, 6) is 1.20. The molecular formula is C11H19NO. The molecule has 0 radical (unpaired) electrons. The summed E-state index contributed by atoms with van der Waals surface area (Å²) in [7, 11) is 0. The van der Waals surface area contributed by atoms with Gasteiger partial charge in [-0.05, 0) is 31.6 Å². The van der Waals surface area contributed by atoms with Crippen molar-refractivity contribution in [3.63, 3.8) is 0 Å². The van der Waals surface area contributed by atoms with E-state index in [1.165, 1.54) is 25.7 Å². The van der Waals surface area contributed by atoms with Crippen molar-refractivity contribution >= 4 is 5.91 Å². The van der Waals surface area contributed by atoms with Crippen molar-refractivity contribution in [1.82, 2.24) is 4.90 Å². The Morgan fingerprint density at radius 1 is 1.38 bits per heavy atom. The summed E-state index contributed by atoms with van der Waals surface area (Å²) < 4.78 is 0. The number of hydrogen-bond donors (Lipinski definition) is 0. The summed E-state index contributed by atoms with van der Waals surface area (Å²) in [5, 5.41) is 0. The van der Waals surface area contributed by atoms with E-state index in [2.05, 4.69) is 11.8 Å². The first-order valence-electron chi connectivity index (χ1n) is 5.62. The van der Waals surface area contributed by atoms with Gasteiger partial charge in [0.05, 0.1) is 0 Å². The minimum atomic E-state index is 0.411. The molecule has 0 N–H and O–H groups in total. The molecule has 2 atom stereocenters. The number of rotatable bonds is 1. The molecule has 0 saturated carbocycles. The van der Waals surface area contributed by atoms with Crippen molar-refractivity contribution in [1.29, 1.82) is 0 Å². The molecule has 2 nitrogen and oxygen atoms in total. The number of carbonyl (C=O) groups excluding carboxylic acids is 1. The fourth-order valence-corrected chi connectivity index (χ4v) is 2.88. The zero-order chi connectivity index (χ0) is 9.26. The normalized spacial score (nSPS) is 34.5. The first-order chi connectivity index (χ1) is 6.33. The van der Waals surface area contributed by atoms with E-state index in [1.54, 1.807) is 0 Å². The molecule has 2 fully saturated rings. The van der Waals surface area contributed by atoms with Crippen LogP contribution in [0.3, 0.4) is 0 Å². The van der Waals surface area contributed by atoms with E-state index in [0.29, 0.717) is 11.9 Å². The zero-order valence-corrected chi connectivity index (χ0v) is 8.46.